The fourth-order valence-electron chi connectivity index (χ4n) is 3.37. The molecule has 0 aromatic carbocycles. The van der Waals surface area contributed by atoms with Gasteiger partial charge in [0.05, 0.1) is 13.1 Å². The predicted octanol–water partition coefficient (Wildman–Crippen LogP) is 2.83. The van der Waals surface area contributed by atoms with Gasteiger partial charge in [0.2, 0.25) is 0 Å². The minimum atomic E-state index is 0. The second-order valence-electron chi connectivity index (χ2n) is 7.13. The van der Waals surface area contributed by atoms with Crippen LogP contribution in [-0.2, 0) is 13.6 Å². The third-order valence-corrected chi connectivity index (χ3v) is 5.59. The summed E-state index contributed by atoms with van der Waals surface area (Å²) in [6.45, 7) is 15.0. The number of guanidine groups is 1. The second kappa shape index (κ2) is 12.3. The number of hydrogen-bond acceptors (Lipinski definition) is 3. The lowest BCUT2D eigenvalue weighted by molar-refractivity contribution is 0.109. The number of likely N-dealkylation sites (N-methyl/N-ethyl adjacent to an activating group) is 1. The topological polar surface area (TPSA) is 39.0 Å². The highest BCUT2D eigenvalue weighted by atomic mass is 127. The molecule has 0 saturated carbocycles. The minimum absolute atomic E-state index is 0. The smallest absolute Gasteiger partial charge is 0.194 e. The van der Waals surface area contributed by atoms with Crippen molar-refractivity contribution in [2.45, 2.75) is 33.4 Å². The van der Waals surface area contributed by atoms with E-state index in [-0.39, 0.29) is 24.0 Å². The number of aryl methyl sites for hydroxylation is 1. The first-order valence-electron chi connectivity index (χ1n) is 9.71. The predicted molar refractivity (Wildman–Crippen MR) is 129 cm³/mol. The summed E-state index contributed by atoms with van der Waals surface area (Å²) in [5, 5.41) is 3.43. The van der Waals surface area contributed by atoms with Crippen molar-refractivity contribution in [3.63, 3.8) is 0 Å². The Hall–Kier alpha value is -0.320. The maximum atomic E-state index is 4.92. The van der Waals surface area contributed by atoms with Gasteiger partial charge in [-0.2, -0.15) is 0 Å². The van der Waals surface area contributed by atoms with Crippen molar-refractivity contribution in [2.75, 3.05) is 52.9 Å². The number of nitrogens with zero attached hydrogens (tertiary/aromatic N) is 5. The molecule has 1 aromatic rings. The molecular weight excluding hydrogens is 519 g/mol. The summed E-state index contributed by atoms with van der Waals surface area (Å²) in [7, 11) is 4.18. The van der Waals surface area contributed by atoms with E-state index in [0.29, 0.717) is 6.04 Å². The molecule has 1 aliphatic rings. The van der Waals surface area contributed by atoms with Crippen LogP contribution in [0.1, 0.15) is 26.5 Å². The Kier molecular flexibility index (Phi) is 11.2. The summed E-state index contributed by atoms with van der Waals surface area (Å²) < 4.78 is 3.27. The number of aromatic nitrogens is 1. The van der Waals surface area contributed by atoms with Crippen LogP contribution in [0.4, 0.5) is 0 Å². The number of halogens is 2. The van der Waals surface area contributed by atoms with Crippen LogP contribution < -0.4 is 5.32 Å². The van der Waals surface area contributed by atoms with Gasteiger partial charge in [-0.15, -0.1) is 24.0 Å². The molecule has 1 aromatic heterocycles. The fraction of sp³-hybridized carbons (Fsp3) is 0.737. The molecule has 1 aliphatic heterocycles. The molecule has 1 fully saturated rings. The van der Waals surface area contributed by atoms with Gasteiger partial charge in [0.1, 0.15) is 0 Å². The number of hydrogen-bond donors (Lipinski definition) is 1. The lowest BCUT2D eigenvalue weighted by atomic mass is 10.2. The van der Waals surface area contributed by atoms with E-state index >= 15 is 0 Å². The molecule has 0 spiro atoms. The van der Waals surface area contributed by atoms with Crippen LogP contribution in [-0.4, -0.2) is 84.1 Å². The summed E-state index contributed by atoms with van der Waals surface area (Å²) in [5.41, 5.74) is 1.26. The Labute approximate surface area is 190 Å². The highest BCUT2D eigenvalue weighted by Crippen LogP contribution is 2.15. The van der Waals surface area contributed by atoms with Gasteiger partial charge in [0.15, 0.2) is 5.96 Å². The molecule has 1 saturated heterocycles. The molecule has 0 bridgehead atoms. The fourth-order valence-corrected chi connectivity index (χ4v) is 3.94. The third kappa shape index (κ3) is 7.55. The number of rotatable bonds is 7. The molecule has 2 rings (SSSR count). The van der Waals surface area contributed by atoms with Gasteiger partial charge >= 0.3 is 0 Å². The quantitative estimate of drug-likeness (QED) is 0.319. The zero-order valence-corrected chi connectivity index (χ0v) is 21.3. The van der Waals surface area contributed by atoms with E-state index in [1.165, 1.54) is 18.8 Å². The van der Waals surface area contributed by atoms with Crippen LogP contribution in [0.2, 0.25) is 0 Å². The number of aliphatic imine (C=N–C) groups is 1. The van der Waals surface area contributed by atoms with Crippen LogP contribution in [0.5, 0.6) is 0 Å². The van der Waals surface area contributed by atoms with Gasteiger partial charge in [-0.1, -0.05) is 6.92 Å². The maximum Gasteiger partial charge on any atom is 0.194 e. The van der Waals surface area contributed by atoms with Crippen molar-refractivity contribution in [3.05, 3.63) is 22.4 Å². The van der Waals surface area contributed by atoms with Gasteiger partial charge in [-0.3, -0.25) is 9.89 Å². The van der Waals surface area contributed by atoms with Crippen LogP contribution in [0.25, 0.3) is 0 Å². The summed E-state index contributed by atoms with van der Waals surface area (Å²) >= 11 is 3.55. The van der Waals surface area contributed by atoms with Gasteiger partial charge < -0.3 is 19.7 Å². The first-order valence-corrected chi connectivity index (χ1v) is 10.5. The molecule has 8 heteroatoms. The minimum Gasteiger partial charge on any atom is -0.357 e. The van der Waals surface area contributed by atoms with Gasteiger partial charge in [-0.05, 0) is 42.4 Å². The molecule has 1 N–H and O–H groups in total. The lowest BCUT2D eigenvalue weighted by Crippen LogP contribution is -2.50. The van der Waals surface area contributed by atoms with Gasteiger partial charge in [0, 0.05) is 69.2 Å². The zero-order chi connectivity index (χ0) is 19.1. The summed E-state index contributed by atoms with van der Waals surface area (Å²) in [6, 6.07) is 2.64. The molecule has 0 aliphatic carbocycles. The van der Waals surface area contributed by atoms with Crippen LogP contribution in [0.15, 0.2) is 21.7 Å². The second-order valence-corrected chi connectivity index (χ2v) is 8.05. The van der Waals surface area contributed by atoms with E-state index in [0.717, 1.165) is 49.7 Å². The summed E-state index contributed by atoms with van der Waals surface area (Å²) in [5.74, 6) is 0.976. The van der Waals surface area contributed by atoms with Gasteiger partial charge in [-0.25, -0.2) is 0 Å². The lowest BCUT2D eigenvalue weighted by Gasteiger charge is -2.37. The number of nitrogens with one attached hydrogen (secondary N) is 1. The van der Waals surface area contributed by atoms with Crippen molar-refractivity contribution < 1.29 is 0 Å². The van der Waals surface area contributed by atoms with Crippen molar-refractivity contribution in [1.29, 1.82) is 0 Å². The SMILES string of the molecule is CCNC(=NCC(C)N1CCN(CC)CC1)N(C)Cc1cc(Br)cn1C.I. The van der Waals surface area contributed by atoms with Crippen LogP contribution >= 0.6 is 39.9 Å². The largest absolute Gasteiger partial charge is 0.357 e. The van der Waals surface area contributed by atoms with Crippen LogP contribution in [0.3, 0.4) is 0 Å². The highest BCUT2D eigenvalue weighted by molar-refractivity contribution is 14.0. The Bertz CT molecular complexity index is 583. The Balaban J connectivity index is 0.00000364. The van der Waals surface area contributed by atoms with E-state index in [9.17, 15) is 0 Å². The average Bonchev–Trinajstić information content (AvgIpc) is 2.95. The first kappa shape index (κ1) is 24.7. The normalized spacial score (nSPS) is 17.5. The zero-order valence-electron chi connectivity index (χ0n) is 17.4. The molecule has 27 heavy (non-hydrogen) atoms. The summed E-state index contributed by atoms with van der Waals surface area (Å²) in [6.07, 6.45) is 2.09. The molecule has 6 nitrogen and oxygen atoms in total. The molecule has 0 amide bonds. The van der Waals surface area contributed by atoms with E-state index < -0.39 is 0 Å². The van der Waals surface area contributed by atoms with E-state index in [1.54, 1.807) is 0 Å². The third-order valence-electron chi connectivity index (χ3n) is 5.15. The average molecular weight is 555 g/mol. The number of piperazine rings is 1. The highest BCUT2D eigenvalue weighted by Gasteiger charge is 2.20. The van der Waals surface area contributed by atoms with E-state index in [4.69, 9.17) is 4.99 Å². The van der Waals surface area contributed by atoms with Gasteiger partial charge in [0.25, 0.3) is 0 Å². The molecule has 0 radical (unpaired) electrons. The Morgan fingerprint density at radius 3 is 2.48 bits per heavy atom. The van der Waals surface area contributed by atoms with E-state index in [2.05, 4.69) is 87.6 Å². The molecule has 156 valence electrons. The molecule has 1 unspecified atom stereocenters. The standard InChI is InChI=1S/C19H35BrN6.HI/c1-6-21-19(24(5)15-18-12-17(20)14-23(18)4)22-13-16(3)26-10-8-25(7-2)9-11-26;/h12,14,16H,6-11,13,15H2,1-5H3,(H,21,22);1H. The monoisotopic (exact) mass is 554 g/mol. The van der Waals surface area contributed by atoms with Crippen molar-refractivity contribution in [2.24, 2.45) is 12.0 Å². The molecule has 1 atom stereocenters. The van der Waals surface area contributed by atoms with Crippen molar-refractivity contribution >= 4 is 45.9 Å². The van der Waals surface area contributed by atoms with Crippen LogP contribution in [0, 0.1) is 0 Å². The Morgan fingerprint density at radius 2 is 1.96 bits per heavy atom. The van der Waals surface area contributed by atoms with Crippen molar-refractivity contribution in [1.82, 2.24) is 24.6 Å². The first-order chi connectivity index (χ1) is 12.4. The summed E-state index contributed by atoms with van der Waals surface area (Å²) in [4.78, 5) is 12.2. The Morgan fingerprint density at radius 1 is 1.30 bits per heavy atom. The van der Waals surface area contributed by atoms with E-state index in [1.807, 2.05) is 0 Å². The maximum absolute atomic E-state index is 4.92. The van der Waals surface area contributed by atoms with Crippen molar-refractivity contribution in [3.8, 4) is 0 Å². The molecular formula is C19H36BrIN6. The molecule has 2 heterocycles.